The van der Waals surface area contributed by atoms with E-state index in [-0.39, 0.29) is 0 Å². The second-order valence-corrected chi connectivity index (χ2v) is 5.65. The lowest BCUT2D eigenvalue weighted by Gasteiger charge is -2.11. The maximum atomic E-state index is 5.17. The molecule has 0 saturated carbocycles. The van der Waals surface area contributed by atoms with Crippen LogP contribution in [0.2, 0.25) is 0 Å². The highest BCUT2D eigenvalue weighted by atomic mass is 16.5. The molecule has 6 nitrogen and oxygen atoms in total. The largest absolute Gasteiger partial charge is 0.497 e. The number of guanidine groups is 1. The van der Waals surface area contributed by atoms with Crippen molar-refractivity contribution in [1.29, 1.82) is 0 Å². The summed E-state index contributed by atoms with van der Waals surface area (Å²) in [6.07, 6.45) is 4.91. The number of benzene rings is 1. The van der Waals surface area contributed by atoms with Gasteiger partial charge in [-0.2, -0.15) is 0 Å². The summed E-state index contributed by atoms with van der Waals surface area (Å²) >= 11 is 0. The Morgan fingerprint density at radius 2 is 2.00 bits per heavy atom. The Morgan fingerprint density at radius 3 is 2.72 bits per heavy atom. The fourth-order valence-electron chi connectivity index (χ4n) is 2.57. The summed E-state index contributed by atoms with van der Waals surface area (Å²) in [7, 11) is 3.44. The molecule has 2 aromatic heterocycles. The minimum absolute atomic E-state index is 0.706. The third kappa shape index (κ3) is 4.50. The van der Waals surface area contributed by atoms with E-state index in [9.17, 15) is 0 Å². The molecule has 25 heavy (non-hydrogen) atoms. The number of imidazole rings is 1. The second-order valence-electron chi connectivity index (χ2n) is 5.65. The number of rotatable bonds is 6. The van der Waals surface area contributed by atoms with Crippen molar-refractivity contribution in [3.63, 3.8) is 0 Å². The van der Waals surface area contributed by atoms with Crippen LogP contribution in [0, 0.1) is 0 Å². The highest BCUT2D eigenvalue weighted by Crippen LogP contribution is 2.10. The number of ether oxygens (including phenoxy) is 1. The molecule has 0 atom stereocenters. The Hall–Kier alpha value is -3.02. The first kappa shape index (κ1) is 16.8. The van der Waals surface area contributed by atoms with Gasteiger partial charge in [0, 0.05) is 39.0 Å². The first-order valence-corrected chi connectivity index (χ1v) is 8.28. The van der Waals surface area contributed by atoms with E-state index >= 15 is 0 Å². The lowest BCUT2D eigenvalue weighted by Crippen LogP contribution is -2.37. The van der Waals surface area contributed by atoms with Crippen molar-refractivity contribution in [3.05, 3.63) is 66.1 Å². The summed E-state index contributed by atoms with van der Waals surface area (Å²) in [4.78, 5) is 8.85. The second kappa shape index (κ2) is 8.19. The molecule has 0 fully saturated rings. The number of fused-ring (bicyclic) bond motifs is 1. The van der Waals surface area contributed by atoms with Crippen molar-refractivity contribution in [3.8, 4) is 5.75 Å². The fourth-order valence-corrected chi connectivity index (χ4v) is 2.57. The number of hydrogen-bond donors (Lipinski definition) is 2. The van der Waals surface area contributed by atoms with E-state index in [0.29, 0.717) is 6.54 Å². The zero-order valence-electron chi connectivity index (χ0n) is 14.6. The molecule has 0 spiro atoms. The molecule has 0 aliphatic rings. The maximum absolute atomic E-state index is 5.17. The number of pyridine rings is 1. The Labute approximate surface area is 147 Å². The molecule has 0 saturated heterocycles. The van der Waals surface area contributed by atoms with Gasteiger partial charge in [-0.15, -0.1) is 0 Å². The summed E-state index contributed by atoms with van der Waals surface area (Å²) < 4.78 is 7.20. The van der Waals surface area contributed by atoms with Crippen molar-refractivity contribution in [1.82, 2.24) is 20.0 Å². The van der Waals surface area contributed by atoms with E-state index < -0.39 is 0 Å². The van der Waals surface area contributed by atoms with Crippen molar-refractivity contribution < 1.29 is 4.74 Å². The smallest absolute Gasteiger partial charge is 0.191 e. The lowest BCUT2D eigenvalue weighted by molar-refractivity contribution is 0.414. The van der Waals surface area contributed by atoms with E-state index in [1.54, 1.807) is 14.2 Å². The minimum Gasteiger partial charge on any atom is -0.497 e. The van der Waals surface area contributed by atoms with Gasteiger partial charge >= 0.3 is 0 Å². The van der Waals surface area contributed by atoms with Crippen LogP contribution >= 0.6 is 0 Å². The molecular formula is C19H23N5O. The van der Waals surface area contributed by atoms with E-state index in [4.69, 9.17) is 4.74 Å². The number of nitrogens with one attached hydrogen (secondary N) is 2. The van der Waals surface area contributed by atoms with Crippen LogP contribution in [-0.4, -0.2) is 36.0 Å². The molecule has 1 aromatic carbocycles. The summed E-state index contributed by atoms with van der Waals surface area (Å²) in [6, 6.07) is 14.0. The third-order valence-corrected chi connectivity index (χ3v) is 3.93. The normalized spacial score (nSPS) is 11.5. The zero-order chi connectivity index (χ0) is 17.5. The van der Waals surface area contributed by atoms with Gasteiger partial charge < -0.3 is 19.8 Å². The zero-order valence-corrected chi connectivity index (χ0v) is 14.6. The molecule has 0 unspecified atom stereocenters. The van der Waals surface area contributed by atoms with Crippen molar-refractivity contribution in [2.45, 2.75) is 13.0 Å². The summed E-state index contributed by atoms with van der Waals surface area (Å²) in [5, 5.41) is 6.63. The molecule has 3 aromatic rings. The van der Waals surface area contributed by atoms with Gasteiger partial charge in [-0.25, -0.2) is 4.98 Å². The lowest BCUT2D eigenvalue weighted by atomic mass is 10.2. The molecule has 2 N–H and O–H groups in total. The third-order valence-electron chi connectivity index (χ3n) is 3.93. The van der Waals surface area contributed by atoms with E-state index in [1.807, 2.05) is 53.1 Å². The highest BCUT2D eigenvalue weighted by Gasteiger charge is 2.02. The van der Waals surface area contributed by atoms with Gasteiger partial charge in [0.25, 0.3) is 0 Å². The van der Waals surface area contributed by atoms with E-state index in [1.165, 1.54) is 5.56 Å². The van der Waals surface area contributed by atoms with Crippen LogP contribution in [0.3, 0.4) is 0 Å². The molecule has 3 rings (SSSR count). The van der Waals surface area contributed by atoms with Crippen LogP contribution in [0.1, 0.15) is 11.3 Å². The standard InChI is InChI=1S/C19H23N5O/c1-20-19(22-13-15-6-8-17(25-2)9-7-15)21-11-10-16-14-24-12-4-3-5-18(24)23-16/h3-9,12,14H,10-11,13H2,1-2H3,(H2,20,21,22). The van der Waals surface area contributed by atoms with Gasteiger partial charge in [0.2, 0.25) is 0 Å². The van der Waals surface area contributed by atoms with Crippen LogP contribution in [0.5, 0.6) is 5.75 Å². The number of methoxy groups -OCH3 is 1. The average Bonchev–Trinajstić information content (AvgIpc) is 3.07. The average molecular weight is 337 g/mol. The number of hydrogen-bond acceptors (Lipinski definition) is 3. The van der Waals surface area contributed by atoms with Gasteiger partial charge in [-0.3, -0.25) is 4.99 Å². The van der Waals surface area contributed by atoms with Crippen molar-refractivity contribution in [2.75, 3.05) is 20.7 Å². The van der Waals surface area contributed by atoms with Gasteiger partial charge in [0.05, 0.1) is 12.8 Å². The highest BCUT2D eigenvalue weighted by molar-refractivity contribution is 5.79. The summed E-state index contributed by atoms with van der Waals surface area (Å²) in [6.45, 7) is 1.48. The molecule has 2 heterocycles. The van der Waals surface area contributed by atoms with Crippen LogP contribution < -0.4 is 15.4 Å². The quantitative estimate of drug-likeness (QED) is 0.535. The van der Waals surface area contributed by atoms with E-state index in [0.717, 1.165) is 36.0 Å². The SMILES string of the molecule is CN=C(NCCc1cn2ccccc2n1)NCc1ccc(OC)cc1. The summed E-state index contributed by atoms with van der Waals surface area (Å²) in [5.74, 6) is 1.64. The number of aliphatic imine (C=N–C) groups is 1. The fraction of sp³-hybridized carbons (Fsp3) is 0.263. The molecule has 0 aliphatic carbocycles. The molecule has 0 radical (unpaired) electrons. The number of aromatic nitrogens is 2. The maximum Gasteiger partial charge on any atom is 0.191 e. The minimum atomic E-state index is 0.706. The van der Waals surface area contributed by atoms with Crippen molar-refractivity contribution >= 4 is 11.6 Å². The topological polar surface area (TPSA) is 63.0 Å². The Bertz CT molecular complexity index is 805. The molecule has 6 heteroatoms. The Morgan fingerprint density at radius 1 is 1.16 bits per heavy atom. The van der Waals surface area contributed by atoms with Crippen LogP contribution in [-0.2, 0) is 13.0 Å². The Balaban J connectivity index is 1.47. The van der Waals surface area contributed by atoms with Gasteiger partial charge in [0.1, 0.15) is 11.4 Å². The molecule has 0 aliphatic heterocycles. The first-order valence-electron chi connectivity index (χ1n) is 8.28. The van der Waals surface area contributed by atoms with Crippen LogP contribution in [0.15, 0.2) is 59.9 Å². The molecule has 0 amide bonds. The number of nitrogens with zero attached hydrogens (tertiary/aromatic N) is 3. The predicted octanol–water partition coefficient (Wildman–Crippen LogP) is 2.25. The Kier molecular flexibility index (Phi) is 5.51. The molecular weight excluding hydrogens is 314 g/mol. The summed E-state index contributed by atoms with van der Waals surface area (Å²) in [5.41, 5.74) is 3.20. The van der Waals surface area contributed by atoms with E-state index in [2.05, 4.69) is 26.8 Å². The first-order chi connectivity index (χ1) is 12.3. The van der Waals surface area contributed by atoms with Gasteiger partial charge in [0.15, 0.2) is 5.96 Å². The van der Waals surface area contributed by atoms with Crippen molar-refractivity contribution in [2.24, 2.45) is 4.99 Å². The monoisotopic (exact) mass is 337 g/mol. The molecule has 130 valence electrons. The molecule has 0 bridgehead atoms. The van der Waals surface area contributed by atoms with Gasteiger partial charge in [-0.05, 0) is 29.8 Å². The van der Waals surface area contributed by atoms with Crippen LogP contribution in [0.4, 0.5) is 0 Å². The predicted molar refractivity (Wildman–Crippen MR) is 100 cm³/mol. The van der Waals surface area contributed by atoms with Gasteiger partial charge in [-0.1, -0.05) is 18.2 Å². The van der Waals surface area contributed by atoms with Crippen LogP contribution in [0.25, 0.3) is 5.65 Å².